The molecule has 8 heteroatoms. The molecular weight excluding hydrogens is 239 g/mol. The highest BCUT2D eigenvalue weighted by Crippen LogP contribution is 1.98. The Morgan fingerprint density at radius 1 is 0.938 bits per heavy atom. The van der Waals surface area contributed by atoms with Crippen LogP contribution in [0.15, 0.2) is 24.3 Å². The van der Waals surface area contributed by atoms with Crippen LogP contribution in [0.3, 0.4) is 0 Å². The summed E-state index contributed by atoms with van der Waals surface area (Å²) in [7, 11) is -3.13. The van der Waals surface area contributed by atoms with Gasteiger partial charge in [0.25, 0.3) is 0 Å². The van der Waals surface area contributed by atoms with Crippen LogP contribution < -0.4 is 0 Å². The predicted molar refractivity (Wildman–Crippen MR) is 58.3 cm³/mol. The lowest BCUT2D eigenvalue weighted by molar-refractivity contribution is -0.133. The van der Waals surface area contributed by atoms with Crippen molar-refractivity contribution < 1.29 is 34.2 Å². The van der Waals surface area contributed by atoms with Crippen LogP contribution in [0.25, 0.3) is 0 Å². The lowest BCUT2D eigenvalue weighted by Gasteiger charge is -1.79. The third-order valence-electron chi connectivity index (χ3n) is 0.730. The van der Waals surface area contributed by atoms with Crippen molar-refractivity contribution in [1.29, 1.82) is 0 Å². The Bertz CT molecular complexity index is 243. The maximum Gasteiger partial charge on any atom is 0.330 e. The second kappa shape index (κ2) is 11.6. The third kappa shape index (κ3) is 39.0. The van der Waals surface area contributed by atoms with Crippen molar-refractivity contribution in [2.24, 2.45) is 0 Å². The van der Waals surface area contributed by atoms with Gasteiger partial charge in [-0.05, 0) is 13.8 Å². The summed E-state index contributed by atoms with van der Waals surface area (Å²) in [5.41, 5.74) is 0.352. The van der Waals surface area contributed by atoms with E-state index in [-0.39, 0.29) is 11.1 Å². The van der Waals surface area contributed by atoms with Crippen molar-refractivity contribution in [3.63, 3.8) is 0 Å². The van der Waals surface area contributed by atoms with E-state index in [1.54, 1.807) is 0 Å². The molecular formula is C8H15O7P. The van der Waals surface area contributed by atoms with Gasteiger partial charge in [-0.25, -0.2) is 9.59 Å². The van der Waals surface area contributed by atoms with Crippen LogP contribution in [0.4, 0.5) is 0 Å². The molecule has 0 radical (unpaired) electrons. The van der Waals surface area contributed by atoms with Gasteiger partial charge >= 0.3 is 20.2 Å². The molecule has 0 aromatic carbocycles. The van der Waals surface area contributed by atoms with E-state index in [0.717, 1.165) is 0 Å². The molecule has 0 aliphatic carbocycles. The zero-order valence-electron chi connectivity index (χ0n) is 8.93. The first-order valence-corrected chi connectivity index (χ1v) is 5.02. The second-order valence-corrected chi connectivity index (χ2v) is 3.02. The van der Waals surface area contributed by atoms with Gasteiger partial charge in [0, 0.05) is 11.1 Å². The first-order chi connectivity index (χ1) is 7.02. The van der Waals surface area contributed by atoms with Gasteiger partial charge < -0.3 is 20.0 Å². The first kappa shape index (κ1) is 20.0. The average molecular weight is 254 g/mol. The van der Waals surface area contributed by atoms with E-state index in [9.17, 15) is 9.59 Å². The fraction of sp³-hybridized carbons (Fsp3) is 0.250. The van der Waals surface area contributed by atoms with Crippen LogP contribution in [0.2, 0.25) is 0 Å². The quantitative estimate of drug-likeness (QED) is 0.420. The predicted octanol–water partition coefficient (Wildman–Crippen LogP) is 0.655. The van der Waals surface area contributed by atoms with Gasteiger partial charge in [0.05, 0.1) is 0 Å². The molecule has 0 saturated heterocycles. The van der Waals surface area contributed by atoms with Crippen LogP contribution in [-0.2, 0) is 14.2 Å². The second-order valence-electron chi connectivity index (χ2n) is 2.45. The molecule has 4 N–H and O–H groups in total. The molecule has 0 aromatic heterocycles. The van der Waals surface area contributed by atoms with Crippen molar-refractivity contribution in [3.8, 4) is 0 Å². The molecule has 0 aromatic rings. The van der Waals surface area contributed by atoms with E-state index < -0.39 is 20.2 Å². The van der Waals surface area contributed by atoms with E-state index in [0.29, 0.717) is 0 Å². The molecule has 0 aliphatic heterocycles. The Hall–Kier alpha value is -1.43. The van der Waals surface area contributed by atoms with E-state index in [1.807, 2.05) is 0 Å². The summed E-state index contributed by atoms with van der Waals surface area (Å²) in [4.78, 5) is 33.5. The molecule has 0 aliphatic rings. The van der Waals surface area contributed by atoms with Crippen molar-refractivity contribution >= 4 is 20.2 Å². The Balaban J connectivity index is -0.000000162. The molecule has 0 saturated carbocycles. The van der Waals surface area contributed by atoms with Crippen LogP contribution >= 0.6 is 8.25 Å². The number of rotatable bonds is 2. The largest absolute Gasteiger partial charge is 0.478 e. The summed E-state index contributed by atoms with van der Waals surface area (Å²) in [6, 6.07) is 0. The molecule has 0 heterocycles. The topological polar surface area (TPSA) is 132 Å². The van der Waals surface area contributed by atoms with Gasteiger partial charge in [-0.2, -0.15) is 0 Å². The van der Waals surface area contributed by atoms with Gasteiger partial charge in [0.15, 0.2) is 0 Å². The molecule has 0 spiro atoms. The van der Waals surface area contributed by atoms with Crippen molar-refractivity contribution in [3.05, 3.63) is 24.3 Å². The smallest absolute Gasteiger partial charge is 0.330 e. The number of aliphatic carboxylic acids is 2. The minimum absolute atomic E-state index is 0.176. The summed E-state index contributed by atoms with van der Waals surface area (Å²) in [5, 5.41) is 15.8. The van der Waals surface area contributed by atoms with E-state index >= 15 is 0 Å². The highest BCUT2D eigenvalue weighted by Gasteiger charge is 1.90. The van der Waals surface area contributed by atoms with Crippen molar-refractivity contribution in [1.82, 2.24) is 0 Å². The minimum atomic E-state index is -3.13. The molecule has 0 unspecified atom stereocenters. The number of carbonyl (C=O) groups is 2. The molecule has 0 atom stereocenters. The normalized spacial score (nSPS) is 7.81. The summed E-state index contributed by atoms with van der Waals surface area (Å²) < 4.78 is 8.74. The van der Waals surface area contributed by atoms with E-state index in [1.165, 1.54) is 13.8 Å². The van der Waals surface area contributed by atoms with Gasteiger partial charge in [-0.3, -0.25) is 4.57 Å². The van der Waals surface area contributed by atoms with Crippen LogP contribution in [0.5, 0.6) is 0 Å². The monoisotopic (exact) mass is 254 g/mol. The van der Waals surface area contributed by atoms with Crippen LogP contribution in [-0.4, -0.2) is 31.9 Å². The number of carboxylic acid groups (broad SMARTS) is 2. The molecule has 0 amide bonds. The standard InChI is InChI=1S/2C4H6O2.H3O3P/c2*1-3(2)4(5)6;1-4(2)3/h2*1H2,2H3,(H,5,6);4H,(H2,1,2,3). The molecule has 16 heavy (non-hydrogen) atoms. The number of hydrogen-bond donors (Lipinski definition) is 4. The van der Waals surface area contributed by atoms with Gasteiger partial charge in [0.1, 0.15) is 0 Å². The van der Waals surface area contributed by atoms with Crippen LogP contribution in [0, 0.1) is 0 Å². The number of carboxylic acids is 2. The molecule has 0 rings (SSSR count). The van der Waals surface area contributed by atoms with Gasteiger partial charge in [-0.15, -0.1) is 0 Å². The fourth-order valence-electron chi connectivity index (χ4n) is 0. The Morgan fingerprint density at radius 3 is 1.00 bits per heavy atom. The Labute approximate surface area is 93.3 Å². The maximum absolute atomic E-state index is 9.60. The SMILES string of the molecule is C=C(C)C(=O)O.C=C(C)C(=O)O.O=[PH](O)O. The number of hydrogen-bond acceptors (Lipinski definition) is 3. The molecule has 94 valence electrons. The van der Waals surface area contributed by atoms with Crippen molar-refractivity contribution in [2.75, 3.05) is 0 Å². The van der Waals surface area contributed by atoms with Crippen molar-refractivity contribution in [2.45, 2.75) is 13.8 Å². The molecule has 0 fully saturated rings. The first-order valence-electron chi connectivity index (χ1n) is 3.71. The van der Waals surface area contributed by atoms with Gasteiger partial charge in [0.2, 0.25) is 0 Å². The third-order valence-corrected chi connectivity index (χ3v) is 0.730. The molecule has 0 bridgehead atoms. The molecule has 7 nitrogen and oxygen atoms in total. The zero-order chi connectivity index (χ0) is 13.9. The lowest BCUT2D eigenvalue weighted by atomic mass is 10.4. The van der Waals surface area contributed by atoms with Crippen LogP contribution in [0.1, 0.15) is 13.8 Å². The highest BCUT2D eigenvalue weighted by molar-refractivity contribution is 7.30. The fourth-order valence-corrected chi connectivity index (χ4v) is 0. The van der Waals surface area contributed by atoms with E-state index in [2.05, 4.69) is 13.2 Å². The lowest BCUT2D eigenvalue weighted by Crippen LogP contribution is -1.92. The zero-order valence-corrected chi connectivity index (χ0v) is 9.93. The van der Waals surface area contributed by atoms with E-state index in [4.69, 9.17) is 24.6 Å². The summed E-state index contributed by atoms with van der Waals surface area (Å²) in [6.45, 7) is 9.20. The minimum Gasteiger partial charge on any atom is -0.478 e. The van der Waals surface area contributed by atoms with Gasteiger partial charge in [-0.1, -0.05) is 13.2 Å². The average Bonchev–Trinajstić information content (AvgIpc) is 2.03. The highest BCUT2D eigenvalue weighted by atomic mass is 31.1. The Morgan fingerprint density at radius 2 is 1.00 bits per heavy atom. The Kier molecular flexibility index (Phi) is 14.6. The summed E-state index contributed by atoms with van der Waals surface area (Å²) in [5.74, 6) is -1.87. The summed E-state index contributed by atoms with van der Waals surface area (Å²) in [6.07, 6.45) is 0. The summed E-state index contributed by atoms with van der Waals surface area (Å²) >= 11 is 0. The maximum atomic E-state index is 9.60.